The van der Waals surface area contributed by atoms with Gasteiger partial charge in [-0.25, -0.2) is 19.9 Å². The van der Waals surface area contributed by atoms with Crippen molar-refractivity contribution in [2.45, 2.75) is 6.10 Å². The number of fused-ring (bicyclic) bond motifs is 1. The Hall–Kier alpha value is -2.79. The van der Waals surface area contributed by atoms with E-state index in [1.165, 1.54) is 0 Å². The zero-order valence-electron chi connectivity index (χ0n) is 13.0. The van der Waals surface area contributed by atoms with Crippen LogP contribution in [0.1, 0.15) is 5.82 Å². The first kappa shape index (κ1) is 14.8. The van der Waals surface area contributed by atoms with Gasteiger partial charge in [0.1, 0.15) is 6.07 Å². The second-order valence-corrected chi connectivity index (χ2v) is 6.03. The number of nitrogens with one attached hydrogen (secondary N) is 1. The monoisotopic (exact) mass is 323 g/mol. The van der Waals surface area contributed by atoms with E-state index in [1.807, 2.05) is 6.07 Å². The molecule has 2 fully saturated rings. The highest BCUT2D eigenvalue weighted by molar-refractivity contribution is 5.44. The topological polar surface area (TPSA) is 99.9 Å². The van der Waals surface area contributed by atoms with E-state index < -0.39 is 0 Å². The van der Waals surface area contributed by atoms with Gasteiger partial charge in [-0.05, 0) is 6.07 Å². The highest BCUT2D eigenvalue weighted by atomic mass is 16.5. The molecule has 8 heteroatoms. The molecule has 8 nitrogen and oxygen atoms in total. The van der Waals surface area contributed by atoms with Crippen LogP contribution < -0.4 is 10.2 Å². The number of hydrogen-bond acceptors (Lipinski definition) is 8. The summed E-state index contributed by atoms with van der Waals surface area (Å²) in [4.78, 5) is 18.7. The molecule has 0 unspecified atom stereocenters. The van der Waals surface area contributed by atoms with E-state index in [2.05, 4.69) is 30.2 Å². The number of anilines is 2. The van der Waals surface area contributed by atoms with Crippen molar-refractivity contribution in [3.63, 3.8) is 0 Å². The fourth-order valence-corrected chi connectivity index (χ4v) is 3.38. The smallest absolute Gasteiger partial charge is 0.232 e. The van der Waals surface area contributed by atoms with Gasteiger partial charge in [0.2, 0.25) is 11.8 Å². The molecule has 0 radical (unpaired) electrons. The third kappa shape index (κ3) is 2.86. The number of hydrogen-bond donors (Lipinski definition) is 1. The lowest BCUT2D eigenvalue weighted by molar-refractivity contribution is 0.111. The molecule has 0 aliphatic carbocycles. The maximum Gasteiger partial charge on any atom is 0.232 e. The van der Waals surface area contributed by atoms with E-state index in [0.29, 0.717) is 17.8 Å². The van der Waals surface area contributed by atoms with Crippen LogP contribution in [0.15, 0.2) is 30.9 Å². The Bertz CT molecular complexity index is 730. The number of rotatable bonds is 4. The van der Waals surface area contributed by atoms with Crippen LogP contribution in [0.5, 0.6) is 0 Å². The first-order valence-corrected chi connectivity index (χ1v) is 7.93. The molecular formula is C16H17N7O. The third-order valence-electron chi connectivity index (χ3n) is 4.63. The van der Waals surface area contributed by atoms with Crippen LogP contribution in [0.3, 0.4) is 0 Å². The van der Waals surface area contributed by atoms with E-state index in [-0.39, 0.29) is 11.9 Å². The summed E-state index contributed by atoms with van der Waals surface area (Å²) in [5.41, 5.74) is 0.935. The first-order chi connectivity index (χ1) is 11.8. The van der Waals surface area contributed by atoms with Crippen molar-refractivity contribution in [2.75, 3.05) is 36.5 Å². The third-order valence-corrected chi connectivity index (χ3v) is 4.63. The van der Waals surface area contributed by atoms with Crippen LogP contribution in [0, 0.1) is 23.2 Å². The van der Waals surface area contributed by atoms with Crippen molar-refractivity contribution < 1.29 is 4.74 Å². The normalized spacial score (nSPS) is 25.3. The molecule has 24 heavy (non-hydrogen) atoms. The Labute approximate surface area is 139 Å². The Kier molecular flexibility index (Phi) is 3.92. The Balaban J connectivity index is 1.38. The summed E-state index contributed by atoms with van der Waals surface area (Å²) >= 11 is 0. The van der Waals surface area contributed by atoms with Crippen molar-refractivity contribution >= 4 is 11.6 Å². The summed E-state index contributed by atoms with van der Waals surface area (Å²) in [5.74, 6) is 1.72. The minimum atomic E-state index is 0.194. The largest absolute Gasteiger partial charge is 0.376 e. The van der Waals surface area contributed by atoms with Crippen LogP contribution in [-0.2, 0) is 4.74 Å². The van der Waals surface area contributed by atoms with Crippen LogP contribution >= 0.6 is 0 Å². The average molecular weight is 323 g/mol. The van der Waals surface area contributed by atoms with Gasteiger partial charge in [-0.15, -0.1) is 0 Å². The molecule has 0 spiro atoms. The van der Waals surface area contributed by atoms with Gasteiger partial charge in [0.25, 0.3) is 0 Å². The van der Waals surface area contributed by atoms with Gasteiger partial charge in [-0.3, -0.25) is 0 Å². The van der Waals surface area contributed by atoms with Crippen LogP contribution in [0.4, 0.5) is 11.6 Å². The van der Waals surface area contributed by atoms with Gasteiger partial charge in [-0.1, -0.05) is 0 Å². The minimum absolute atomic E-state index is 0.194. The van der Waals surface area contributed by atoms with Gasteiger partial charge in [0.05, 0.1) is 30.8 Å². The molecule has 2 saturated heterocycles. The quantitative estimate of drug-likeness (QED) is 0.878. The van der Waals surface area contributed by atoms with Gasteiger partial charge < -0.3 is 15.0 Å². The van der Waals surface area contributed by atoms with E-state index in [9.17, 15) is 0 Å². The highest BCUT2D eigenvalue weighted by Gasteiger charge is 2.43. The lowest BCUT2D eigenvalue weighted by Gasteiger charge is -2.21. The van der Waals surface area contributed by atoms with Gasteiger partial charge in [0, 0.05) is 43.9 Å². The Morgan fingerprint density at radius 3 is 2.75 bits per heavy atom. The maximum absolute atomic E-state index is 8.79. The molecule has 2 aromatic rings. The van der Waals surface area contributed by atoms with E-state index in [0.717, 1.165) is 31.9 Å². The Morgan fingerprint density at radius 2 is 2.00 bits per heavy atom. The van der Waals surface area contributed by atoms with Crippen LogP contribution in [0.25, 0.3) is 0 Å². The molecule has 4 rings (SSSR count). The van der Waals surface area contributed by atoms with E-state index >= 15 is 0 Å². The van der Waals surface area contributed by atoms with Gasteiger partial charge in [-0.2, -0.15) is 5.26 Å². The molecule has 0 aromatic carbocycles. The summed E-state index contributed by atoms with van der Waals surface area (Å²) < 4.78 is 5.96. The van der Waals surface area contributed by atoms with Crippen LogP contribution in [-0.4, -0.2) is 52.3 Å². The highest BCUT2D eigenvalue weighted by Crippen LogP contribution is 2.35. The number of nitriles is 1. The second-order valence-electron chi connectivity index (χ2n) is 6.03. The molecule has 1 N–H and O–H groups in total. The van der Waals surface area contributed by atoms with Crippen molar-refractivity contribution in [3.05, 3.63) is 36.7 Å². The van der Waals surface area contributed by atoms with Crippen molar-refractivity contribution in [2.24, 2.45) is 11.8 Å². The van der Waals surface area contributed by atoms with Gasteiger partial charge >= 0.3 is 0 Å². The molecule has 0 saturated carbocycles. The van der Waals surface area contributed by atoms with E-state index in [1.54, 1.807) is 30.9 Å². The van der Waals surface area contributed by atoms with Gasteiger partial charge in [0.15, 0.2) is 0 Å². The summed E-state index contributed by atoms with van der Waals surface area (Å²) in [6.45, 7) is 3.29. The number of nitrogens with zero attached hydrogens (tertiary/aromatic N) is 6. The molecule has 2 aromatic heterocycles. The van der Waals surface area contributed by atoms with Crippen LogP contribution in [0.2, 0.25) is 0 Å². The lowest BCUT2D eigenvalue weighted by atomic mass is 9.93. The van der Waals surface area contributed by atoms with Crippen molar-refractivity contribution in [3.8, 4) is 6.07 Å². The van der Waals surface area contributed by atoms with Crippen molar-refractivity contribution in [1.82, 2.24) is 19.9 Å². The Morgan fingerprint density at radius 1 is 1.21 bits per heavy atom. The number of ether oxygens (including phenoxy) is 1. The van der Waals surface area contributed by atoms with E-state index in [4.69, 9.17) is 10.00 Å². The zero-order chi connectivity index (χ0) is 16.4. The lowest BCUT2D eigenvalue weighted by Crippen LogP contribution is -2.27. The molecule has 122 valence electrons. The fraction of sp³-hybridized carbons (Fsp3) is 0.438. The predicted octanol–water partition coefficient (Wildman–Crippen LogP) is 0.702. The SMILES string of the molecule is N#Cc1ncc(N2C[C@H]3[C@H](CNc4ncccn4)CO[C@H]3C2)cn1. The number of aromatic nitrogens is 4. The molecule has 2 aliphatic rings. The average Bonchev–Trinajstić information content (AvgIpc) is 3.22. The minimum Gasteiger partial charge on any atom is -0.376 e. The maximum atomic E-state index is 8.79. The summed E-state index contributed by atoms with van der Waals surface area (Å²) in [6, 6.07) is 3.74. The standard InChI is InChI=1S/C16H17N7O/c17-4-15-20-6-12(7-21-15)23-8-13-11(10-24-14(13)9-23)5-22-16-18-2-1-3-19-16/h1-3,6-7,11,13-14H,5,8-10H2,(H,18,19,22)/t11-,13+,14+/m1/s1. The predicted molar refractivity (Wildman–Crippen MR) is 86.2 cm³/mol. The second kappa shape index (κ2) is 6.37. The summed E-state index contributed by atoms with van der Waals surface area (Å²) in [7, 11) is 0. The summed E-state index contributed by atoms with van der Waals surface area (Å²) in [6.07, 6.45) is 7.09. The molecule has 3 atom stereocenters. The zero-order valence-corrected chi connectivity index (χ0v) is 13.0. The molecular weight excluding hydrogens is 306 g/mol. The molecule has 4 heterocycles. The fourth-order valence-electron chi connectivity index (χ4n) is 3.38. The summed E-state index contributed by atoms with van der Waals surface area (Å²) in [5, 5.41) is 12.1. The first-order valence-electron chi connectivity index (χ1n) is 7.93. The van der Waals surface area contributed by atoms with Crippen molar-refractivity contribution in [1.29, 1.82) is 5.26 Å². The molecule has 0 bridgehead atoms. The molecule has 2 aliphatic heterocycles. The molecule has 0 amide bonds.